The number of aryl methyl sites for hydroxylation is 1. The van der Waals surface area contributed by atoms with Crippen molar-refractivity contribution in [3.05, 3.63) is 17.5 Å². The summed E-state index contributed by atoms with van der Waals surface area (Å²) in [5.74, 6) is 0. The van der Waals surface area contributed by atoms with Gasteiger partial charge in [0, 0.05) is 18.6 Å². The number of urea groups is 1. The van der Waals surface area contributed by atoms with Crippen molar-refractivity contribution in [1.29, 1.82) is 0 Å². The monoisotopic (exact) mass is 294 g/mol. The molecule has 0 bridgehead atoms. The zero-order valence-corrected chi connectivity index (χ0v) is 13.5. The minimum absolute atomic E-state index is 0.0809. The Bertz CT molecular complexity index is 512. The molecule has 21 heavy (non-hydrogen) atoms. The number of rotatable bonds is 5. The molecule has 1 fully saturated rings. The van der Waals surface area contributed by atoms with Crippen LogP contribution in [0, 0.1) is 5.41 Å². The summed E-state index contributed by atoms with van der Waals surface area (Å²) in [6.07, 6.45) is 1.71. The smallest absolute Gasteiger partial charge is 0.315 e. The highest BCUT2D eigenvalue weighted by Crippen LogP contribution is 2.51. The van der Waals surface area contributed by atoms with Crippen LogP contribution in [-0.4, -0.2) is 35.0 Å². The van der Waals surface area contributed by atoms with Crippen LogP contribution in [0.25, 0.3) is 0 Å². The number of nitrogens with zero attached hydrogens (tertiary/aromatic N) is 1. The standard InChI is InChI=1S/C15H26N4O2/c1-6-10-7-11(19-18-10)9-16-13(20)17-12-8-15(4,21-5)14(12,2)3/h7,12H,6,8-9H2,1-5H3,(H,18,19)(H2,16,17,20)/t12-,15-/m0/s1. The van der Waals surface area contributed by atoms with E-state index in [4.69, 9.17) is 4.74 Å². The first-order valence-electron chi connectivity index (χ1n) is 7.45. The first-order valence-corrected chi connectivity index (χ1v) is 7.45. The summed E-state index contributed by atoms with van der Waals surface area (Å²) < 4.78 is 5.56. The first-order chi connectivity index (χ1) is 9.82. The fourth-order valence-electron chi connectivity index (χ4n) is 2.79. The second-order valence-corrected chi connectivity index (χ2v) is 6.48. The average Bonchev–Trinajstić information content (AvgIpc) is 2.92. The summed E-state index contributed by atoms with van der Waals surface area (Å²) in [5, 5.41) is 12.9. The van der Waals surface area contributed by atoms with E-state index in [-0.39, 0.29) is 23.1 Å². The van der Waals surface area contributed by atoms with E-state index in [1.807, 2.05) is 13.0 Å². The number of ether oxygens (including phenoxy) is 1. The maximum atomic E-state index is 12.0. The number of hydrogen-bond donors (Lipinski definition) is 3. The molecular formula is C15H26N4O2. The van der Waals surface area contributed by atoms with E-state index in [1.54, 1.807) is 7.11 Å². The molecule has 1 heterocycles. The van der Waals surface area contributed by atoms with Gasteiger partial charge in [0.2, 0.25) is 0 Å². The largest absolute Gasteiger partial charge is 0.378 e. The first kappa shape index (κ1) is 15.8. The third-order valence-electron chi connectivity index (χ3n) is 5.07. The third kappa shape index (κ3) is 2.90. The molecule has 2 atom stereocenters. The number of amides is 2. The Morgan fingerprint density at radius 3 is 2.76 bits per heavy atom. The predicted octanol–water partition coefficient (Wildman–Crippen LogP) is 1.97. The van der Waals surface area contributed by atoms with Crippen LogP contribution in [0.5, 0.6) is 0 Å². The highest BCUT2D eigenvalue weighted by Gasteiger charge is 2.58. The fourth-order valence-corrected chi connectivity index (χ4v) is 2.79. The Kier molecular flexibility index (Phi) is 4.27. The van der Waals surface area contributed by atoms with Gasteiger partial charge < -0.3 is 15.4 Å². The molecule has 6 heteroatoms. The Labute approximate surface area is 126 Å². The van der Waals surface area contributed by atoms with E-state index < -0.39 is 0 Å². The van der Waals surface area contributed by atoms with Gasteiger partial charge in [-0.15, -0.1) is 0 Å². The Hall–Kier alpha value is -1.56. The minimum atomic E-state index is -0.176. The Balaban J connectivity index is 1.81. The SMILES string of the molecule is CCc1cc(CNC(=O)N[C@H]2C[C@](C)(OC)C2(C)C)[nH]n1. The second kappa shape index (κ2) is 5.67. The maximum absolute atomic E-state index is 12.0. The molecule has 1 aliphatic rings. The summed E-state index contributed by atoms with van der Waals surface area (Å²) in [4.78, 5) is 12.0. The summed E-state index contributed by atoms with van der Waals surface area (Å²) >= 11 is 0. The molecule has 1 aliphatic carbocycles. The average molecular weight is 294 g/mol. The molecule has 0 saturated heterocycles. The van der Waals surface area contributed by atoms with Gasteiger partial charge >= 0.3 is 6.03 Å². The van der Waals surface area contributed by atoms with Crippen molar-refractivity contribution in [3.63, 3.8) is 0 Å². The predicted molar refractivity (Wildman–Crippen MR) is 80.9 cm³/mol. The normalized spacial score (nSPS) is 27.0. The van der Waals surface area contributed by atoms with Crippen LogP contribution in [0.4, 0.5) is 4.79 Å². The highest BCUT2D eigenvalue weighted by atomic mass is 16.5. The molecule has 1 aromatic rings. The van der Waals surface area contributed by atoms with Gasteiger partial charge in [-0.1, -0.05) is 20.8 Å². The molecule has 6 nitrogen and oxygen atoms in total. The maximum Gasteiger partial charge on any atom is 0.315 e. The van der Waals surface area contributed by atoms with Crippen molar-refractivity contribution in [2.45, 2.75) is 58.7 Å². The molecule has 1 saturated carbocycles. The number of aromatic nitrogens is 2. The van der Waals surface area contributed by atoms with E-state index in [0.29, 0.717) is 6.54 Å². The molecule has 0 radical (unpaired) electrons. The van der Waals surface area contributed by atoms with E-state index in [9.17, 15) is 4.79 Å². The van der Waals surface area contributed by atoms with E-state index in [2.05, 4.69) is 41.6 Å². The molecule has 2 amide bonds. The number of nitrogens with one attached hydrogen (secondary N) is 3. The van der Waals surface area contributed by atoms with Crippen molar-refractivity contribution in [1.82, 2.24) is 20.8 Å². The van der Waals surface area contributed by atoms with Gasteiger partial charge in [0.15, 0.2) is 0 Å². The summed E-state index contributed by atoms with van der Waals surface area (Å²) in [5.41, 5.74) is 1.66. The van der Waals surface area contributed by atoms with Gasteiger partial charge in [-0.2, -0.15) is 5.10 Å². The molecular weight excluding hydrogens is 268 g/mol. The van der Waals surface area contributed by atoms with Crippen molar-refractivity contribution < 1.29 is 9.53 Å². The number of hydrogen-bond acceptors (Lipinski definition) is 3. The lowest BCUT2D eigenvalue weighted by Gasteiger charge is -2.59. The van der Waals surface area contributed by atoms with Gasteiger partial charge in [0.25, 0.3) is 0 Å². The molecule has 0 spiro atoms. The summed E-state index contributed by atoms with van der Waals surface area (Å²) in [6, 6.07) is 1.93. The summed E-state index contributed by atoms with van der Waals surface area (Å²) in [7, 11) is 1.72. The van der Waals surface area contributed by atoms with Crippen molar-refractivity contribution >= 4 is 6.03 Å². The lowest BCUT2D eigenvalue weighted by molar-refractivity contribution is -0.177. The van der Waals surface area contributed by atoms with Crippen molar-refractivity contribution in [2.24, 2.45) is 5.41 Å². The van der Waals surface area contributed by atoms with Crippen molar-refractivity contribution in [2.75, 3.05) is 7.11 Å². The zero-order chi connectivity index (χ0) is 15.7. The highest BCUT2D eigenvalue weighted by molar-refractivity contribution is 5.74. The molecule has 0 unspecified atom stereocenters. The van der Waals surface area contributed by atoms with Gasteiger partial charge in [-0.25, -0.2) is 4.79 Å². The lowest BCUT2D eigenvalue weighted by atomic mass is 9.56. The molecule has 1 aromatic heterocycles. The number of methoxy groups -OCH3 is 1. The van der Waals surface area contributed by atoms with Crippen LogP contribution in [0.1, 0.15) is 45.5 Å². The minimum Gasteiger partial charge on any atom is -0.378 e. The van der Waals surface area contributed by atoms with Crippen LogP contribution in [0.2, 0.25) is 0 Å². The fraction of sp³-hybridized carbons (Fsp3) is 0.733. The van der Waals surface area contributed by atoms with E-state index in [1.165, 1.54) is 0 Å². The van der Waals surface area contributed by atoms with Gasteiger partial charge in [-0.05, 0) is 25.8 Å². The number of H-pyrrole nitrogens is 1. The van der Waals surface area contributed by atoms with Crippen molar-refractivity contribution in [3.8, 4) is 0 Å². The van der Waals surface area contributed by atoms with E-state index >= 15 is 0 Å². The quantitative estimate of drug-likeness (QED) is 0.777. The Morgan fingerprint density at radius 1 is 1.52 bits per heavy atom. The molecule has 2 rings (SSSR count). The number of carbonyl (C=O) groups is 1. The number of aromatic amines is 1. The van der Waals surface area contributed by atoms with Crippen LogP contribution in [0.15, 0.2) is 6.07 Å². The van der Waals surface area contributed by atoms with Crippen LogP contribution >= 0.6 is 0 Å². The molecule has 118 valence electrons. The van der Waals surface area contributed by atoms with Crippen LogP contribution in [-0.2, 0) is 17.7 Å². The number of carbonyl (C=O) groups excluding carboxylic acids is 1. The zero-order valence-electron chi connectivity index (χ0n) is 13.5. The topological polar surface area (TPSA) is 79.0 Å². The molecule has 0 aliphatic heterocycles. The van der Waals surface area contributed by atoms with Gasteiger partial charge in [0.05, 0.1) is 23.5 Å². The van der Waals surface area contributed by atoms with Gasteiger partial charge in [-0.3, -0.25) is 5.10 Å². The van der Waals surface area contributed by atoms with Gasteiger partial charge in [0.1, 0.15) is 0 Å². The third-order valence-corrected chi connectivity index (χ3v) is 5.07. The van der Waals surface area contributed by atoms with Crippen LogP contribution in [0.3, 0.4) is 0 Å². The molecule has 0 aromatic carbocycles. The van der Waals surface area contributed by atoms with E-state index in [0.717, 1.165) is 24.2 Å². The van der Waals surface area contributed by atoms with Crippen LogP contribution < -0.4 is 10.6 Å². The second-order valence-electron chi connectivity index (χ2n) is 6.48. The Morgan fingerprint density at radius 2 is 2.24 bits per heavy atom. The summed E-state index contributed by atoms with van der Waals surface area (Å²) in [6.45, 7) is 8.82. The molecule has 3 N–H and O–H groups in total. The lowest BCUT2D eigenvalue weighted by Crippen LogP contribution is -2.69.